The second-order valence-electron chi connectivity index (χ2n) is 6.37. The van der Waals surface area contributed by atoms with Gasteiger partial charge in [0.2, 0.25) is 0 Å². The van der Waals surface area contributed by atoms with Crippen LogP contribution in [-0.4, -0.2) is 24.4 Å². The Balaban J connectivity index is 1.74. The third-order valence-corrected chi connectivity index (χ3v) is 4.73. The first-order valence-corrected chi connectivity index (χ1v) is 8.65. The summed E-state index contributed by atoms with van der Waals surface area (Å²) in [6.07, 6.45) is 3.08. The first-order chi connectivity index (χ1) is 12.2. The van der Waals surface area contributed by atoms with E-state index in [9.17, 15) is 9.59 Å². The first-order valence-electron chi connectivity index (χ1n) is 8.65. The van der Waals surface area contributed by atoms with E-state index in [0.717, 1.165) is 19.3 Å². The average Bonchev–Trinajstić information content (AvgIpc) is 3.10. The minimum atomic E-state index is -0.235. The molecule has 0 bridgehead atoms. The fraction of sp³-hybridized carbons (Fsp3) is 0.300. The molecule has 2 unspecified atom stereocenters. The number of nitrogens with two attached hydrogens (primary N) is 1. The molecule has 0 radical (unpaired) electrons. The highest BCUT2D eigenvalue weighted by atomic mass is 16.2. The van der Waals surface area contributed by atoms with E-state index < -0.39 is 0 Å². The highest BCUT2D eigenvalue weighted by molar-refractivity contribution is 6.09. The van der Waals surface area contributed by atoms with Crippen molar-refractivity contribution in [2.45, 2.75) is 25.3 Å². The minimum Gasteiger partial charge on any atom is -0.349 e. The van der Waals surface area contributed by atoms with Crippen LogP contribution in [0.3, 0.4) is 0 Å². The second-order valence-corrected chi connectivity index (χ2v) is 6.37. The molecular formula is C20H23N3O2. The van der Waals surface area contributed by atoms with Crippen LogP contribution in [0.25, 0.3) is 0 Å². The maximum Gasteiger partial charge on any atom is 0.255 e. The quantitative estimate of drug-likeness (QED) is 0.784. The van der Waals surface area contributed by atoms with E-state index in [1.54, 1.807) is 48.5 Å². The Morgan fingerprint density at radius 3 is 2.44 bits per heavy atom. The van der Waals surface area contributed by atoms with Crippen LogP contribution in [0.5, 0.6) is 0 Å². The van der Waals surface area contributed by atoms with Crippen molar-refractivity contribution < 1.29 is 9.59 Å². The molecule has 4 N–H and O–H groups in total. The van der Waals surface area contributed by atoms with Gasteiger partial charge in [-0.25, -0.2) is 0 Å². The van der Waals surface area contributed by atoms with Crippen LogP contribution >= 0.6 is 0 Å². The summed E-state index contributed by atoms with van der Waals surface area (Å²) < 4.78 is 0. The zero-order chi connectivity index (χ0) is 17.6. The number of para-hydroxylation sites is 1. The van der Waals surface area contributed by atoms with Crippen LogP contribution in [0.2, 0.25) is 0 Å². The molecule has 2 aromatic rings. The van der Waals surface area contributed by atoms with Crippen LogP contribution in [-0.2, 0) is 0 Å². The molecule has 2 atom stereocenters. The SMILES string of the molecule is NCC1CCCC1NC(=O)c1ccccc1NC(=O)c1ccccc1. The Bertz CT molecular complexity index is 746. The largest absolute Gasteiger partial charge is 0.349 e. The summed E-state index contributed by atoms with van der Waals surface area (Å²) in [4.78, 5) is 25.1. The lowest BCUT2D eigenvalue weighted by Gasteiger charge is -2.20. The van der Waals surface area contributed by atoms with Crippen LogP contribution in [0.15, 0.2) is 54.6 Å². The lowest BCUT2D eigenvalue weighted by atomic mass is 10.0. The van der Waals surface area contributed by atoms with Gasteiger partial charge in [-0.3, -0.25) is 9.59 Å². The molecule has 0 spiro atoms. The fourth-order valence-corrected chi connectivity index (χ4v) is 3.33. The molecule has 0 aliphatic heterocycles. The van der Waals surface area contributed by atoms with Gasteiger partial charge in [-0.2, -0.15) is 0 Å². The second kappa shape index (κ2) is 7.94. The lowest BCUT2D eigenvalue weighted by Crippen LogP contribution is -2.40. The number of amides is 2. The van der Waals surface area contributed by atoms with Crippen molar-refractivity contribution in [2.24, 2.45) is 11.7 Å². The molecule has 0 heterocycles. The Hall–Kier alpha value is -2.66. The van der Waals surface area contributed by atoms with Gasteiger partial charge in [0.25, 0.3) is 11.8 Å². The molecule has 3 rings (SSSR count). The number of rotatable bonds is 5. The molecular weight excluding hydrogens is 314 g/mol. The van der Waals surface area contributed by atoms with Gasteiger partial charge in [-0.15, -0.1) is 0 Å². The normalized spacial score (nSPS) is 19.4. The zero-order valence-electron chi connectivity index (χ0n) is 14.1. The highest BCUT2D eigenvalue weighted by Crippen LogP contribution is 2.25. The van der Waals surface area contributed by atoms with Gasteiger partial charge in [0.1, 0.15) is 0 Å². The lowest BCUT2D eigenvalue weighted by molar-refractivity contribution is 0.0929. The third kappa shape index (κ3) is 4.06. The van der Waals surface area contributed by atoms with Crippen LogP contribution < -0.4 is 16.4 Å². The summed E-state index contributed by atoms with van der Waals surface area (Å²) in [7, 11) is 0. The first kappa shape index (κ1) is 17.2. The number of nitrogens with one attached hydrogen (secondary N) is 2. The van der Waals surface area contributed by atoms with Crippen molar-refractivity contribution in [3.63, 3.8) is 0 Å². The molecule has 1 fully saturated rings. The predicted molar refractivity (Wildman–Crippen MR) is 98.5 cm³/mol. The van der Waals surface area contributed by atoms with Crippen LogP contribution in [0.4, 0.5) is 5.69 Å². The smallest absolute Gasteiger partial charge is 0.255 e. The topological polar surface area (TPSA) is 84.2 Å². The summed E-state index contributed by atoms with van der Waals surface area (Å²) in [6.45, 7) is 0.581. The number of hydrogen-bond donors (Lipinski definition) is 3. The van der Waals surface area contributed by atoms with Gasteiger partial charge in [0.05, 0.1) is 11.3 Å². The highest BCUT2D eigenvalue weighted by Gasteiger charge is 2.28. The number of anilines is 1. The van der Waals surface area contributed by atoms with Crippen LogP contribution in [0.1, 0.15) is 40.0 Å². The summed E-state index contributed by atoms with van der Waals surface area (Å²) in [5, 5.41) is 5.91. The standard InChI is InChI=1S/C20H23N3O2/c21-13-15-9-6-12-17(15)22-20(25)16-10-4-5-11-18(16)23-19(24)14-7-2-1-3-8-14/h1-5,7-8,10-11,15,17H,6,9,12-13,21H2,(H,22,25)(H,23,24). The molecule has 25 heavy (non-hydrogen) atoms. The van der Waals surface area contributed by atoms with Gasteiger partial charge >= 0.3 is 0 Å². The van der Waals surface area contributed by atoms with E-state index in [1.165, 1.54) is 0 Å². The van der Waals surface area contributed by atoms with Crippen molar-refractivity contribution in [2.75, 3.05) is 11.9 Å². The number of hydrogen-bond acceptors (Lipinski definition) is 3. The van der Waals surface area contributed by atoms with Crippen molar-refractivity contribution in [1.29, 1.82) is 0 Å². The molecule has 2 aromatic carbocycles. The van der Waals surface area contributed by atoms with E-state index in [4.69, 9.17) is 5.73 Å². The van der Waals surface area contributed by atoms with Crippen molar-refractivity contribution in [3.05, 3.63) is 65.7 Å². The Morgan fingerprint density at radius 1 is 0.960 bits per heavy atom. The third-order valence-electron chi connectivity index (χ3n) is 4.73. The van der Waals surface area contributed by atoms with Crippen molar-refractivity contribution in [1.82, 2.24) is 5.32 Å². The van der Waals surface area contributed by atoms with Gasteiger partial charge in [0.15, 0.2) is 0 Å². The van der Waals surface area contributed by atoms with E-state index in [2.05, 4.69) is 10.6 Å². The van der Waals surface area contributed by atoms with E-state index in [0.29, 0.717) is 29.3 Å². The summed E-state index contributed by atoms with van der Waals surface area (Å²) >= 11 is 0. The van der Waals surface area contributed by atoms with E-state index in [1.807, 2.05) is 6.07 Å². The van der Waals surface area contributed by atoms with Crippen LogP contribution in [0, 0.1) is 5.92 Å². The van der Waals surface area contributed by atoms with Gasteiger partial charge < -0.3 is 16.4 Å². The van der Waals surface area contributed by atoms with E-state index in [-0.39, 0.29) is 17.9 Å². The average molecular weight is 337 g/mol. The zero-order valence-corrected chi connectivity index (χ0v) is 14.1. The maximum atomic E-state index is 12.7. The van der Waals surface area contributed by atoms with Crippen molar-refractivity contribution in [3.8, 4) is 0 Å². The minimum absolute atomic E-state index is 0.107. The molecule has 2 amide bonds. The summed E-state index contributed by atoms with van der Waals surface area (Å²) in [5.41, 5.74) is 7.32. The van der Waals surface area contributed by atoms with Gasteiger partial charge in [0, 0.05) is 11.6 Å². The van der Waals surface area contributed by atoms with E-state index >= 15 is 0 Å². The monoisotopic (exact) mass is 337 g/mol. The molecule has 1 aliphatic carbocycles. The number of benzene rings is 2. The fourth-order valence-electron chi connectivity index (χ4n) is 3.33. The maximum absolute atomic E-state index is 12.7. The Morgan fingerprint density at radius 2 is 1.68 bits per heavy atom. The molecule has 5 nitrogen and oxygen atoms in total. The molecule has 130 valence electrons. The molecule has 0 aromatic heterocycles. The Kier molecular flexibility index (Phi) is 5.46. The van der Waals surface area contributed by atoms with Gasteiger partial charge in [-0.05, 0) is 49.6 Å². The molecule has 1 saturated carbocycles. The van der Waals surface area contributed by atoms with Crippen molar-refractivity contribution >= 4 is 17.5 Å². The summed E-state index contributed by atoms with van der Waals surface area (Å²) in [6, 6.07) is 16.1. The Labute approximate surface area is 147 Å². The molecule has 5 heteroatoms. The molecule has 1 aliphatic rings. The van der Waals surface area contributed by atoms with Gasteiger partial charge in [-0.1, -0.05) is 36.8 Å². The number of carbonyl (C=O) groups is 2. The predicted octanol–water partition coefficient (Wildman–Crippen LogP) is 2.80. The molecule has 0 saturated heterocycles. The summed E-state index contributed by atoms with van der Waals surface area (Å²) in [5.74, 6) is -0.0779. The number of carbonyl (C=O) groups excluding carboxylic acids is 2.